The second-order valence-electron chi connectivity index (χ2n) is 5.13. The van der Waals surface area contributed by atoms with Crippen molar-refractivity contribution in [3.05, 3.63) is 72.2 Å². The van der Waals surface area contributed by atoms with Gasteiger partial charge in [0.05, 0.1) is 12.5 Å². The van der Waals surface area contributed by atoms with Crippen LogP contribution in [-0.4, -0.2) is 0 Å². The molecule has 120 valence electrons. The number of rotatable bonds is 6. The maximum absolute atomic E-state index is 5.55. The molecule has 0 aliphatic rings. The van der Waals surface area contributed by atoms with Gasteiger partial charge >= 0.3 is 0 Å². The first-order valence-corrected chi connectivity index (χ1v) is 8.40. The Morgan fingerprint density at radius 1 is 0.739 bits per heavy atom. The summed E-state index contributed by atoms with van der Waals surface area (Å²) < 4.78 is 11.1. The third kappa shape index (κ3) is 4.93. The highest BCUT2D eigenvalue weighted by Gasteiger charge is 2.05. The minimum atomic E-state index is 0.888. The number of aryl methyl sites for hydroxylation is 2. The van der Waals surface area contributed by atoms with Gasteiger partial charge in [-0.05, 0) is 75.2 Å². The van der Waals surface area contributed by atoms with Crippen molar-refractivity contribution in [3.8, 4) is 11.5 Å². The van der Waals surface area contributed by atoms with Gasteiger partial charge in [-0.2, -0.15) is 0 Å². The van der Waals surface area contributed by atoms with E-state index in [1.165, 1.54) is 9.79 Å². The van der Waals surface area contributed by atoms with Gasteiger partial charge < -0.3 is 9.47 Å². The second kappa shape index (κ2) is 8.49. The molecular formula is C20H22O2S. The lowest BCUT2D eigenvalue weighted by Crippen LogP contribution is -1.88. The largest absolute Gasteiger partial charge is 0.465 e. The molecule has 0 N–H and O–H groups in total. The first kappa shape index (κ1) is 17.2. The summed E-state index contributed by atoms with van der Waals surface area (Å²) in [4.78, 5) is 2.38. The van der Waals surface area contributed by atoms with Crippen LogP contribution < -0.4 is 9.47 Å². The van der Waals surface area contributed by atoms with Gasteiger partial charge in [0.25, 0.3) is 0 Å². The Morgan fingerprint density at radius 2 is 1.17 bits per heavy atom. The van der Waals surface area contributed by atoms with Crippen molar-refractivity contribution in [3.63, 3.8) is 0 Å². The van der Waals surface area contributed by atoms with Gasteiger partial charge in [-0.25, -0.2) is 0 Å². The van der Waals surface area contributed by atoms with Crippen molar-refractivity contribution < 1.29 is 9.47 Å². The standard InChI is InChI=1S/C20H22O2S/c1-5-11-21-19-9-7-17(13-15(19)3)23-18-8-10-20(16(4)14-18)22-12-6-2/h5-14H,1-4H3. The van der Waals surface area contributed by atoms with Crippen molar-refractivity contribution in [1.29, 1.82) is 0 Å². The van der Waals surface area contributed by atoms with E-state index in [-0.39, 0.29) is 0 Å². The highest BCUT2D eigenvalue weighted by Crippen LogP contribution is 2.33. The molecule has 2 rings (SSSR count). The molecule has 2 nitrogen and oxygen atoms in total. The fraction of sp³-hybridized carbons (Fsp3) is 0.200. The predicted molar refractivity (Wildman–Crippen MR) is 97.4 cm³/mol. The maximum atomic E-state index is 5.55. The summed E-state index contributed by atoms with van der Waals surface area (Å²) in [5.41, 5.74) is 2.25. The molecule has 0 aliphatic carbocycles. The number of hydrogen-bond donors (Lipinski definition) is 0. The van der Waals surface area contributed by atoms with Crippen molar-refractivity contribution in [2.45, 2.75) is 37.5 Å². The van der Waals surface area contributed by atoms with Gasteiger partial charge in [0.2, 0.25) is 0 Å². The molecule has 0 radical (unpaired) electrons. The summed E-state index contributed by atoms with van der Waals surface area (Å²) in [7, 11) is 0. The monoisotopic (exact) mass is 326 g/mol. The van der Waals surface area contributed by atoms with Crippen LogP contribution in [0.25, 0.3) is 0 Å². The third-order valence-corrected chi connectivity index (χ3v) is 4.17. The third-order valence-electron chi connectivity index (χ3n) is 3.19. The molecule has 0 unspecified atom stereocenters. The van der Waals surface area contributed by atoms with Crippen molar-refractivity contribution >= 4 is 11.8 Å². The quantitative estimate of drug-likeness (QED) is 0.582. The molecule has 2 aromatic rings. The molecule has 0 heterocycles. The molecule has 0 amide bonds. The zero-order valence-corrected chi connectivity index (χ0v) is 14.8. The SMILES string of the molecule is CC=COc1ccc(Sc2ccc(OC=CC)c(C)c2)cc1C. The highest BCUT2D eigenvalue weighted by molar-refractivity contribution is 7.99. The van der Waals surface area contributed by atoms with E-state index in [9.17, 15) is 0 Å². The van der Waals surface area contributed by atoms with E-state index >= 15 is 0 Å². The smallest absolute Gasteiger partial charge is 0.129 e. The van der Waals surface area contributed by atoms with Crippen LogP contribution in [0.5, 0.6) is 11.5 Å². The summed E-state index contributed by atoms with van der Waals surface area (Å²) >= 11 is 1.73. The first-order valence-electron chi connectivity index (χ1n) is 7.59. The summed E-state index contributed by atoms with van der Waals surface area (Å²) in [6.07, 6.45) is 7.15. The Morgan fingerprint density at radius 3 is 1.52 bits per heavy atom. The molecule has 0 spiro atoms. The fourth-order valence-electron chi connectivity index (χ4n) is 2.05. The van der Waals surface area contributed by atoms with Gasteiger partial charge in [-0.15, -0.1) is 0 Å². The average molecular weight is 326 g/mol. The molecule has 2 aromatic carbocycles. The summed E-state index contributed by atoms with van der Waals surface area (Å²) in [6.45, 7) is 7.99. The van der Waals surface area contributed by atoms with E-state index in [1.807, 2.05) is 38.1 Å². The number of allylic oxidation sites excluding steroid dienone is 2. The molecule has 0 aliphatic heterocycles. The Bertz CT molecular complexity index is 656. The normalized spacial score (nSPS) is 11.3. The van der Waals surface area contributed by atoms with Gasteiger partial charge in [0, 0.05) is 9.79 Å². The molecule has 0 aromatic heterocycles. The predicted octanol–water partition coefficient (Wildman–Crippen LogP) is 6.28. The molecule has 0 bridgehead atoms. The van der Waals surface area contributed by atoms with Gasteiger partial charge in [-0.3, -0.25) is 0 Å². The minimum absolute atomic E-state index is 0.888. The zero-order valence-electron chi connectivity index (χ0n) is 14.0. The van der Waals surface area contributed by atoms with E-state index in [0.29, 0.717) is 0 Å². The number of benzene rings is 2. The van der Waals surface area contributed by atoms with Gasteiger partial charge in [0.1, 0.15) is 11.5 Å². The average Bonchev–Trinajstić information content (AvgIpc) is 2.53. The topological polar surface area (TPSA) is 18.5 Å². The minimum Gasteiger partial charge on any atom is -0.465 e. The van der Waals surface area contributed by atoms with E-state index < -0.39 is 0 Å². The zero-order chi connectivity index (χ0) is 16.7. The van der Waals surface area contributed by atoms with E-state index in [1.54, 1.807) is 24.3 Å². The number of ether oxygens (including phenoxy) is 2. The molecule has 0 fully saturated rings. The summed E-state index contributed by atoms with van der Waals surface area (Å²) in [5.74, 6) is 1.78. The van der Waals surface area contributed by atoms with Crippen LogP contribution >= 0.6 is 11.8 Å². The van der Waals surface area contributed by atoms with Gasteiger partial charge in [-0.1, -0.05) is 23.9 Å². The van der Waals surface area contributed by atoms with Crippen LogP contribution in [0.15, 0.2) is 70.9 Å². The van der Waals surface area contributed by atoms with Crippen LogP contribution in [-0.2, 0) is 0 Å². The van der Waals surface area contributed by atoms with E-state index in [0.717, 1.165) is 22.6 Å². The lowest BCUT2D eigenvalue weighted by Gasteiger charge is -2.09. The second-order valence-corrected chi connectivity index (χ2v) is 6.28. The molecule has 23 heavy (non-hydrogen) atoms. The fourth-order valence-corrected chi connectivity index (χ4v) is 3.07. The van der Waals surface area contributed by atoms with Crippen molar-refractivity contribution in [2.75, 3.05) is 0 Å². The lowest BCUT2D eigenvalue weighted by molar-refractivity contribution is 0.476. The maximum Gasteiger partial charge on any atom is 0.129 e. The molecule has 0 saturated carbocycles. The van der Waals surface area contributed by atoms with E-state index in [4.69, 9.17) is 9.47 Å². The van der Waals surface area contributed by atoms with Crippen LogP contribution in [0.4, 0.5) is 0 Å². The van der Waals surface area contributed by atoms with Gasteiger partial charge in [0.15, 0.2) is 0 Å². The molecule has 3 heteroatoms. The summed E-state index contributed by atoms with van der Waals surface area (Å²) in [6, 6.07) is 12.5. The summed E-state index contributed by atoms with van der Waals surface area (Å²) in [5, 5.41) is 0. The Labute approximate surface area is 142 Å². The van der Waals surface area contributed by atoms with Crippen LogP contribution in [0.1, 0.15) is 25.0 Å². The molecule has 0 saturated heterocycles. The molecular weight excluding hydrogens is 304 g/mol. The first-order chi connectivity index (χ1) is 11.1. The van der Waals surface area contributed by atoms with E-state index in [2.05, 4.69) is 38.1 Å². The Balaban J connectivity index is 2.12. The van der Waals surface area contributed by atoms with Crippen LogP contribution in [0.3, 0.4) is 0 Å². The van der Waals surface area contributed by atoms with Crippen molar-refractivity contribution in [1.82, 2.24) is 0 Å². The van der Waals surface area contributed by atoms with Crippen molar-refractivity contribution in [2.24, 2.45) is 0 Å². The van der Waals surface area contributed by atoms with Crippen LogP contribution in [0.2, 0.25) is 0 Å². The Hall–Kier alpha value is -2.13. The molecule has 0 atom stereocenters. The number of hydrogen-bond acceptors (Lipinski definition) is 3. The lowest BCUT2D eigenvalue weighted by atomic mass is 10.2. The highest BCUT2D eigenvalue weighted by atomic mass is 32.2. The Kier molecular flexibility index (Phi) is 6.36. The van der Waals surface area contributed by atoms with Crippen LogP contribution in [0, 0.1) is 13.8 Å².